The van der Waals surface area contributed by atoms with E-state index in [-0.39, 0.29) is 17.0 Å². The molecule has 2 heterocycles. The molecule has 2 aromatic carbocycles. The molecule has 0 aliphatic carbocycles. The van der Waals surface area contributed by atoms with Gasteiger partial charge in [-0.05, 0) is 43.4 Å². The summed E-state index contributed by atoms with van der Waals surface area (Å²) in [6.45, 7) is 5.32. The van der Waals surface area contributed by atoms with Crippen LogP contribution in [-0.4, -0.2) is 29.8 Å². The number of carbonyl (C=O) groups is 2. The number of piperidine rings is 1. The number of carbonyl (C=O) groups excluding carboxylic acids is 2. The Bertz CT molecular complexity index is 1010. The minimum atomic E-state index is -0.815. The molecule has 2 aliphatic heterocycles. The van der Waals surface area contributed by atoms with Crippen LogP contribution in [0.4, 0.5) is 14.5 Å². The Labute approximate surface area is 168 Å². The second-order valence-electron chi connectivity index (χ2n) is 7.82. The molecule has 0 radical (unpaired) electrons. The van der Waals surface area contributed by atoms with Crippen LogP contribution >= 0.6 is 0 Å². The number of aryl methyl sites for hydroxylation is 1. The van der Waals surface area contributed by atoms with Crippen molar-refractivity contribution in [2.45, 2.75) is 26.7 Å². The second-order valence-corrected chi connectivity index (χ2v) is 7.82. The Morgan fingerprint density at radius 2 is 1.72 bits per heavy atom. The van der Waals surface area contributed by atoms with Crippen LogP contribution in [0.3, 0.4) is 0 Å². The van der Waals surface area contributed by atoms with Crippen LogP contribution in [0.5, 0.6) is 0 Å². The number of likely N-dealkylation sites (tertiary alicyclic amines) is 1. The van der Waals surface area contributed by atoms with Gasteiger partial charge in [-0.15, -0.1) is 0 Å². The number of hydrogen-bond acceptors (Lipinski definition) is 3. The molecule has 0 bridgehead atoms. The van der Waals surface area contributed by atoms with Crippen LogP contribution in [0.15, 0.2) is 48.2 Å². The van der Waals surface area contributed by atoms with E-state index in [2.05, 4.69) is 6.92 Å². The topological polar surface area (TPSA) is 40.6 Å². The number of amides is 2. The van der Waals surface area contributed by atoms with Gasteiger partial charge in [-0.3, -0.25) is 9.59 Å². The number of hydrogen-bond donors (Lipinski definition) is 0. The molecule has 0 N–H and O–H groups in total. The fourth-order valence-corrected chi connectivity index (χ4v) is 4.06. The Morgan fingerprint density at radius 1 is 1.00 bits per heavy atom. The Morgan fingerprint density at radius 3 is 2.41 bits per heavy atom. The molecule has 6 heteroatoms. The summed E-state index contributed by atoms with van der Waals surface area (Å²) in [5.41, 5.74) is 1.78. The number of halogens is 2. The lowest BCUT2D eigenvalue weighted by molar-refractivity contribution is -0.120. The number of nitrogens with zero attached hydrogens (tertiary/aromatic N) is 2. The van der Waals surface area contributed by atoms with E-state index in [1.165, 1.54) is 0 Å². The van der Waals surface area contributed by atoms with Crippen molar-refractivity contribution in [2.75, 3.05) is 18.0 Å². The van der Waals surface area contributed by atoms with Gasteiger partial charge >= 0.3 is 0 Å². The molecule has 2 amide bonds. The maximum Gasteiger partial charge on any atom is 0.282 e. The minimum absolute atomic E-state index is 0.243. The van der Waals surface area contributed by atoms with Gasteiger partial charge in [0, 0.05) is 19.2 Å². The van der Waals surface area contributed by atoms with Crippen molar-refractivity contribution in [1.29, 1.82) is 0 Å². The third kappa shape index (κ3) is 3.43. The van der Waals surface area contributed by atoms with E-state index in [0.29, 0.717) is 24.6 Å². The third-order valence-corrected chi connectivity index (χ3v) is 5.52. The predicted molar refractivity (Wildman–Crippen MR) is 107 cm³/mol. The molecular weight excluding hydrogens is 374 g/mol. The molecule has 4 rings (SSSR count). The molecular formula is C23H22F2N2O2. The summed E-state index contributed by atoms with van der Waals surface area (Å²) in [4.78, 5) is 29.4. The van der Waals surface area contributed by atoms with E-state index in [0.717, 1.165) is 41.5 Å². The molecule has 1 atom stereocenters. The van der Waals surface area contributed by atoms with Gasteiger partial charge in [-0.25, -0.2) is 13.7 Å². The Kier molecular flexibility index (Phi) is 4.94. The highest BCUT2D eigenvalue weighted by Gasteiger charge is 2.44. The van der Waals surface area contributed by atoms with Gasteiger partial charge in [0.2, 0.25) is 0 Å². The van der Waals surface area contributed by atoms with Crippen LogP contribution in [0.25, 0.3) is 5.57 Å². The standard InChI is InChI=1S/C23H22F2N2O2/c1-14-5-7-16(8-6-14)20-21(26-11-3-4-15(2)13-26)23(29)27(22(20)28)19-12-17(24)9-10-18(19)25/h5-10,12,15H,3-4,11,13H2,1-2H3. The molecule has 0 aromatic heterocycles. The quantitative estimate of drug-likeness (QED) is 0.727. The van der Waals surface area contributed by atoms with Crippen molar-refractivity contribution in [3.05, 3.63) is 70.9 Å². The number of rotatable bonds is 3. The zero-order valence-electron chi connectivity index (χ0n) is 16.4. The van der Waals surface area contributed by atoms with Crippen molar-refractivity contribution in [1.82, 2.24) is 4.90 Å². The van der Waals surface area contributed by atoms with Gasteiger partial charge in [-0.1, -0.05) is 36.8 Å². The summed E-state index contributed by atoms with van der Waals surface area (Å²) in [6, 6.07) is 10.1. The van der Waals surface area contributed by atoms with Gasteiger partial charge in [0.15, 0.2) is 0 Å². The van der Waals surface area contributed by atoms with Crippen molar-refractivity contribution in [3.8, 4) is 0 Å². The first-order chi connectivity index (χ1) is 13.9. The summed E-state index contributed by atoms with van der Waals surface area (Å²) in [7, 11) is 0. The van der Waals surface area contributed by atoms with Crippen LogP contribution in [0.1, 0.15) is 30.9 Å². The fraction of sp³-hybridized carbons (Fsp3) is 0.304. The Balaban J connectivity index is 1.85. The van der Waals surface area contributed by atoms with Crippen LogP contribution in [0.2, 0.25) is 0 Å². The second kappa shape index (κ2) is 7.43. The minimum Gasteiger partial charge on any atom is -0.366 e. The first-order valence-corrected chi connectivity index (χ1v) is 9.77. The SMILES string of the molecule is Cc1ccc(C2=C(N3CCCC(C)C3)C(=O)N(c3cc(F)ccc3F)C2=O)cc1. The van der Waals surface area contributed by atoms with E-state index < -0.39 is 23.4 Å². The zero-order valence-corrected chi connectivity index (χ0v) is 16.4. The first kappa shape index (κ1) is 19.3. The Hall–Kier alpha value is -3.02. The highest BCUT2D eigenvalue weighted by atomic mass is 19.1. The average Bonchev–Trinajstić information content (AvgIpc) is 2.95. The monoisotopic (exact) mass is 396 g/mol. The maximum atomic E-state index is 14.4. The van der Waals surface area contributed by atoms with E-state index in [9.17, 15) is 18.4 Å². The molecule has 0 spiro atoms. The molecule has 1 unspecified atom stereocenters. The molecule has 2 aliphatic rings. The van der Waals surface area contributed by atoms with Crippen molar-refractivity contribution in [3.63, 3.8) is 0 Å². The van der Waals surface area contributed by atoms with Crippen molar-refractivity contribution < 1.29 is 18.4 Å². The van der Waals surface area contributed by atoms with Gasteiger partial charge < -0.3 is 4.90 Å². The summed E-state index contributed by atoms with van der Waals surface area (Å²) in [6.07, 6.45) is 1.95. The summed E-state index contributed by atoms with van der Waals surface area (Å²) in [5, 5.41) is 0. The van der Waals surface area contributed by atoms with Gasteiger partial charge in [0.05, 0.1) is 11.3 Å². The molecule has 4 nitrogen and oxygen atoms in total. The molecule has 1 fully saturated rings. The fourth-order valence-electron chi connectivity index (χ4n) is 4.06. The predicted octanol–water partition coefficient (Wildman–Crippen LogP) is 4.29. The van der Waals surface area contributed by atoms with Crippen LogP contribution in [-0.2, 0) is 9.59 Å². The average molecular weight is 396 g/mol. The van der Waals surface area contributed by atoms with E-state index in [1.807, 2.05) is 24.0 Å². The lowest BCUT2D eigenvalue weighted by Crippen LogP contribution is -2.39. The number of anilines is 1. The normalized spacial score (nSPS) is 20.1. The van der Waals surface area contributed by atoms with Crippen molar-refractivity contribution in [2.24, 2.45) is 5.92 Å². The van der Waals surface area contributed by atoms with E-state index >= 15 is 0 Å². The summed E-state index contributed by atoms with van der Waals surface area (Å²) < 4.78 is 28.2. The molecule has 0 saturated carbocycles. The van der Waals surface area contributed by atoms with Crippen molar-refractivity contribution >= 4 is 23.1 Å². The zero-order chi connectivity index (χ0) is 20.7. The lowest BCUT2D eigenvalue weighted by Gasteiger charge is -2.33. The molecule has 150 valence electrons. The number of imide groups is 1. The third-order valence-electron chi connectivity index (χ3n) is 5.52. The number of benzene rings is 2. The lowest BCUT2D eigenvalue weighted by atomic mass is 9.97. The van der Waals surface area contributed by atoms with Gasteiger partial charge in [-0.2, -0.15) is 0 Å². The largest absolute Gasteiger partial charge is 0.366 e. The summed E-state index contributed by atoms with van der Waals surface area (Å²) >= 11 is 0. The molecule has 1 saturated heterocycles. The van der Waals surface area contributed by atoms with E-state index in [1.54, 1.807) is 12.1 Å². The van der Waals surface area contributed by atoms with Gasteiger partial charge in [0.25, 0.3) is 11.8 Å². The molecule has 2 aromatic rings. The van der Waals surface area contributed by atoms with Gasteiger partial charge in [0.1, 0.15) is 17.3 Å². The van der Waals surface area contributed by atoms with Crippen LogP contribution in [0, 0.1) is 24.5 Å². The van der Waals surface area contributed by atoms with E-state index in [4.69, 9.17) is 0 Å². The first-order valence-electron chi connectivity index (χ1n) is 9.77. The smallest absolute Gasteiger partial charge is 0.282 e. The molecule has 29 heavy (non-hydrogen) atoms. The highest BCUT2D eigenvalue weighted by molar-refractivity contribution is 6.45. The highest BCUT2D eigenvalue weighted by Crippen LogP contribution is 2.37. The van der Waals surface area contributed by atoms with Crippen LogP contribution < -0.4 is 4.90 Å². The summed E-state index contributed by atoms with van der Waals surface area (Å²) in [5.74, 6) is -2.39. The maximum absolute atomic E-state index is 14.4.